The van der Waals surface area contributed by atoms with E-state index in [9.17, 15) is 4.79 Å². The van der Waals surface area contributed by atoms with Crippen LogP contribution in [0.3, 0.4) is 0 Å². The summed E-state index contributed by atoms with van der Waals surface area (Å²) in [4.78, 5) is 10.9. The first-order valence-electron chi connectivity index (χ1n) is 3.01. The number of hydrazone groups is 1. The van der Waals surface area contributed by atoms with Gasteiger partial charge in [-0.2, -0.15) is 5.10 Å². The van der Waals surface area contributed by atoms with Crippen LogP contribution in [0, 0.1) is 0 Å². The van der Waals surface area contributed by atoms with Gasteiger partial charge in [-0.3, -0.25) is 4.79 Å². The predicted octanol–water partition coefficient (Wildman–Crippen LogP) is 1.03. The number of carbonyl (C=O) groups is 1. The summed E-state index contributed by atoms with van der Waals surface area (Å²) in [5.74, 6) is -0.155. The maximum absolute atomic E-state index is 10.9. The number of hydrogen-bond acceptors (Lipinski definition) is 2. The molecule has 0 aliphatic heterocycles. The Morgan fingerprint density at radius 3 is 2.50 bits per heavy atom. The molecule has 56 valence electrons. The van der Waals surface area contributed by atoms with Gasteiger partial charge in [-0.1, -0.05) is 6.58 Å². The number of likely N-dealkylation sites (N-methyl/N-ethyl adjacent to an activating group) is 1. The van der Waals surface area contributed by atoms with E-state index in [1.165, 1.54) is 5.01 Å². The highest BCUT2D eigenvalue weighted by molar-refractivity contribution is 5.92. The van der Waals surface area contributed by atoms with Crippen LogP contribution in [0.5, 0.6) is 0 Å². The highest BCUT2D eigenvalue weighted by Gasteiger charge is 2.05. The average Bonchev–Trinajstić information content (AvgIpc) is 1.87. The highest BCUT2D eigenvalue weighted by atomic mass is 16.2. The lowest BCUT2D eigenvalue weighted by Gasteiger charge is -2.08. The zero-order valence-corrected chi connectivity index (χ0v) is 6.59. The van der Waals surface area contributed by atoms with Gasteiger partial charge in [-0.05, 0) is 13.8 Å². The molecule has 0 N–H and O–H groups in total. The van der Waals surface area contributed by atoms with Crippen molar-refractivity contribution in [1.82, 2.24) is 5.01 Å². The number of carbonyl (C=O) groups excluding carboxylic acids is 1. The summed E-state index contributed by atoms with van der Waals surface area (Å²) in [5, 5.41) is 5.00. The standard InChI is InChI=1S/C7H12N2O/c1-5-8-9(4)7(10)6(2)3/h5H,2H2,1,3-4H3/b8-5-. The van der Waals surface area contributed by atoms with Gasteiger partial charge in [0.15, 0.2) is 0 Å². The Hall–Kier alpha value is -1.12. The molecule has 10 heavy (non-hydrogen) atoms. The molecule has 0 aromatic heterocycles. The zero-order chi connectivity index (χ0) is 8.15. The Balaban J connectivity index is 4.08. The van der Waals surface area contributed by atoms with Crippen LogP contribution >= 0.6 is 0 Å². The second-order valence-electron chi connectivity index (χ2n) is 1.98. The van der Waals surface area contributed by atoms with Gasteiger partial charge in [0.25, 0.3) is 5.91 Å². The summed E-state index contributed by atoms with van der Waals surface area (Å²) in [6.07, 6.45) is 1.56. The fourth-order valence-corrected chi connectivity index (χ4v) is 0.502. The molecule has 0 aliphatic rings. The lowest BCUT2D eigenvalue weighted by Crippen LogP contribution is -2.21. The lowest BCUT2D eigenvalue weighted by molar-refractivity contribution is -0.125. The van der Waals surface area contributed by atoms with Crippen molar-refractivity contribution in [1.29, 1.82) is 0 Å². The molecule has 3 nitrogen and oxygen atoms in total. The molecule has 0 rings (SSSR count). The Kier molecular flexibility index (Phi) is 3.39. The molecule has 0 unspecified atom stereocenters. The molecular formula is C7H12N2O. The van der Waals surface area contributed by atoms with Crippen molar-refractivity contribution in [2.45, 2.75) is 13.8 Å². The molecule has 3 heteroatoms. The third kappa shape index (κ3) is 2.44. The maximum atomic E-state index is 10.9. The molecule has 0 atom stereocenters. The van der Waals surface area contributed by atoms with E-state index in [0.717, 1.165) is 0 Å². The second-order valence-corrected chi connectivity index (χ2v) is 1.98. The van der Waals surface area contributed by atoms with Crippen molar-refractivity contribution in [3.8, 4) is 0 Å². The fourth-order valence-electron chi connectivity index (χ4n) is 0.502. The van der Waals surface area contributed by atoms with E-state index in [4.69, 9.17) is 0 Å². The van der Waals surface area contributed by atoms with Gasteiger partial charge in [0.2, 0.25) is 0 Å². The number of hydrogen-bond donors (Lipinski definition) is 0. The molecule has 0 radical (unpaired) electrons. The van der Waals surface area contributed by atoms with Crippen molar-refractivity contribution < 1.29 is 4.79 Å². The smallest absolute Gasteiger partial charge is 0.268 e. The molecule has 0 aromatic rings. The third-order valence-corrected chi connectivity index (χ3v) is 0.948. The van der Waals surface area contributed by atoms with Crippen LogP contribution in [0.1, 0.15) is 13.8 Å². The summed E-state index contributed by atoms with van der Waals surface area (Å²) >= 11 is 0. The van der Waals surface area contributed by atoms with Crippen molar-refractivity contribution in [3.63, 3.8) is 0 Å². The van der Waals surface area contributed by atoms with Gasteiger partial charge >= 0.3 is 0 Å². The van der Waals surface area contributed by atoms with E-state index in [2.05, 4.69) is 11.7 Å². The molecule has 0 saturated heterocycles. The summed E-state index contributed by atoms with van der Waals surface area (Å²) in [6, 6.07) is 0. The van der Waals surface area contributed by atoms with Crippen LogP contribution in [0.2, 0.25) is 0 Å². The van der Waals surface area contributed by atoms with Crippen LogP contribution in [0.4, 0.5) is 0 Å². The quantitative estimate of drug-likeness (QED) is 0.320. The Bertz CT molecular complexity index is 172. The van der Waals surface area contributed by atoms with Gasteiger partial charge in [-0.25, -0.2) is 5.01 Å². The molecule has 0 spiro atoms. The van der Waals surface area contributed by atoms with E-state index < -0.39 is 0 Å². The van der Waals surface area contributed by atoms with E-state index in [1.807, 2.05) is 0 Å². The van der Waals surface area contributed by atoms with E-state index in [0.29, 0.717) is 5.57 Å². The summed E-state index contributed by atoms with van der Waals surface area (Å²) < 4.78 is 0. The summed E-state index contributed by atoms with van der Waals surface area (Å²) in [5.41, 5.74) is 0.494. The summed E-state index contributed by atoms with van der Waals surface area (Å²) in [7, 11) is 1.59. The normalized spacial score (nSPS) is 9.90. The predicted molar refractivity (Wildman–Crippen MR) is 41.8 cm³/mol. The zero-order valence-electron chi connectivity index (χ0n) is 6.59. The van der Waals surface area contributed by atoms with Gasteiger partial charge in [0, 0.05) is 18.8 Å². The Morgan fingerprint density at radius 1 is 1.70 bits per heavy atom. The molecule has 0 bridgehead atoms. The monoisotopic (exact) mass is 140 g/mol. The van der Waals surface area contributed by atoms with Crippen LogP contribution in [-0.4, -0.2) is 24.2 Å². The Morgan fingerprint density at radius 2 is 2.20 bits per heavy atom. The molecule has 0 aliphatic carbocycles. The van der Waals surface area contributed by atoms with E-state index in [1.54, 1.807) is 27.1 Å². The van der Waals surface area contributed by atoms with Crippen molar-refractivity contribution >= 4 is 12.1 Å². The van der Waals surface area contributed by atoms with Crippen LogP contribution in [0.25, 0.3) is 0 Å². The van der Waals surface area contributed by atoms with Crippen molar-refractivity contribution in [3.05, 3.63) is 12.2 Å². The van der Waals surface area contributed by atoms with Gasteiger partial charge < -0.3 is 0 Å². The number of rotatable bonds is 2. The van der Waals surface area contributed by atoms with Gasteiger partial charge in [0.1, 0.15) is 0 Å². The molecule has 1 amide bonds. The maximum Gasteiger partial charge on any atom is 0.268 e. The number of amides is 1. The minimum atomic E-state index is -0.155. The van der Waals surface area contributed by atoms with Gasteiger partial charge in [-0.15, -0.1) is 0 Å². The van der Waals surface area contributed by atoms with Crippen molar-refractivity contribution in [2.75, 3.05) is 7.05 Å². The SMILES string of the molecule is C=C(C)C(=O)N(C)/N=C\C. The molecule has 0 saturated carbocycles. The lowest BCUT2D eigenvalue weighted by atomic mass is 10.3. The molecule has 0 aromatic carbocycles. The minimum absolute atomic E-state index is 0.155. The topological polar surface area (TPSA) is 32.7 Å². The average molecular weight is 140 g/mol. The first kappa shape index (κ1) is 8.88. The van der Waals surface area contributed by atoms with Crippen LogP contribution in [0.15, 0.2) is 17.3 Å². The highest BCUT2D eigenvalue weighted by Crippen LogP contribution is 1.94. The largest absolute Gasteiger partial charge is 0.268 e. The summed E-state index contributed by atoms with van der Waals surface area (Å²) in [6.45, 7) is 6.90. The van der Waals surface area contributed by atoms with Crippen LogP contribution < -0.4 is 0 Å². The molecule has 0 heterocycles. The fraction of sp³-hybridized carbons (Fsp3) is 0.429. The number of nitrogens with zero attached hydrogens (tertiary/aromatic N) is 2. The van der Waals surface area contributed by atoms with E-state index >= 15 is 0 Å². The first-order chi connectivity index (χ1) is 4.59. The first-order valence-corrected chi connectivity index (χ1v) is 3.01. The minimum Gasteiger partial charge on any atom is -0.268 e. The van der Waals surface area contributed by atoms with E-state index in [-0.39, 0.29) is 5.91 Å². The molecule has 0 fully saturated rings. The van der Waals surface area contributed by atoms with Crippen molar-refractivity contribution in [2.24, 2.45) is 5.10 Å². The second kappa shape index (κ2) is 3.82. The van der Waals surface area contributed by atoms with Gasteiger partial charge in [0.05, 0.1) is 0 Å². The molecular weight excluding hydrogens is 128 g/mol. The Labute approximate surface area is 61.0 Å². The third-order valence-electron chi connectivity index (χ3n) is 0.948. The van der Waals surface area contributed by atoms with Crippen LogP contribution in [-0.2, 0) is 4.79 Å².